The maximum Gasteiger partial charge on any atom is 0.245 e. The van der Waals surface area contributed by atoms with Gasteiger partial charge in [-0.3, -0.25) is 9.59 Å². The van der Waals surface area contributed by atoms with E-state index in [1.165, 1.54) is 0 Å². The van der Waals surface area contributed by atoms with Crippen LogP contribution in [0.4, 0.5) is 5.69 Å². The molecule has 0 aliphatic carbocycles. The van der Waals surface area contributed by atoms with Gasteiger partial charge in [0.2, 0.25) is 11.8 Å². The van der Waals surface area contributed by atoms with Gasteiger partial charge in [-0.25, -0.2) is 0 Å². The summed E-state index contributed by atoms with van der Waals surface area (Å²) in [5.74, 6) is 0.723. The minimum Gasteiger partial charge on any atom is -0.497 e. The molecular weight excluding hydrogens is 378 g/mol. The number of piperazine rings is 1. The van der Waals surface area contributed by atoms with Crippen LogP contribution in [0.1, 0.15) is 19.4 Å². The molecule has 2 amide bonds. The number of ether oxygens (including phenoxy) is 1. The molecule has 1 unspecified atom stereocenters. The predicted molar refractivity (Wildman–Crippen MR) is 119 cm³/mol. The number of amides is 2. The number of rotatable bonds is 7. The molecule has 6 nitrogen and oxygen atoms in total. The molecule has 1 N–H and O–H groups in total. The predicted octanol–water partition coefficient (Wildman–Crippen LogP) is 2.73. The summed E-state index contributed by atoms with van der Waals surface area (Å²) in [6, 6.07) is 17.0. The monoisotopic (exact) mass is 409 g/mol. The third-order valence-corrected chi connectivity index (χ3v) is 5.47. The van der Waals surface area contributed by atoms with E-state index in [2.05, 4.69) is 16.3 Å². The van der Waals surface area contributed by atoms with Gasteiger partial charge in [-0.05, 0) is 23.6 Å². The highest BCUT2D eigenvalue weighted by molar-refractivity contribution is 5.88. The molecule has 0 radical (unpaired) electrons. The Morgan fingerprint density at radius 3 is 2.33 bits per heavy atom. The number of carbonyl (C=O) groups excluding carboxylic acids is 2. The maximum absolute atomic E-state index is 13.1. The zero-order valence-corrected chi connectivity index (χ0v) is 18.0. The maximum atomic E-state index is 13.1. The SMILES string of the molecule is COc1cccc(N2CCN(C(=O)C(NC(=O)Cc3ccccc3)C(C)C)CC2)c1. The van der Waals surface area contributed by atoms with Crippen LogP contribution in [-0.2, 0) is 16.0 Å². The fraction of sp³-hybridized carbons (Fsp3) is 0.417. The second-order valence-electron chi connectivity index (χ2n) is 7.97. The highest BCUT2D eigenvalue weighted by atomic mass is 16.5. The van der Waals surface area contributed by atoms with Crippen LogP contribution in [0.5, 0.6) is 5.75 Å². The average molecular weight is 410 g/mol. The molecule has 160 valence electrons. The third-order valence-electron chi connectivity index (χ3n) is 5.47. The van der Waals surface area contributed by atoms with Gasteiger partial charge < -0.3 is 19.9 Å². The molecule has 0 spiro atoms. The van der Waals surface area contributed by atoms with Crippen molar-refractivity contribution < 1.29 is 14.3 Å². The van der Waals surface area contributed by atoms with E-state index < -0.39 is 6.04 Å². The minimum atomic E-state index is -0.510. The zero-order chi connectivity index (χ0) is 21.5. The van der Waals surface area contributed by atoms with Crippen LogP contribution < -0.4 is 15.0 Å². The highest BCUT2D eigenvalue weighted by Crippen LogP contribution is 2.22. The Balaban J connectivity index is 1.57. The molecule has 30 heavy (non-hydrogen) atoms. The Morgan fingerprint density at radius 1 is 1.00 bits per heavy atom. The first-order chi connectivity index (χ1) is 14.5. The second kappa shape index (κ2) is 10.1. The van der Waals surface area contributed by atoms with Gasteiger partial charge in [-0.1, -0.05) is 50.2 Å². The summed E-state index contributed by atoms with van der Waals surface area (Å²) in [5.41, 5.74) is 2.04. The van der Waals surface area contributed by atoms with Gasteiger partial charge in [-0.15, -0.1) is 0 Å². The summed E-state index contributed by atoms with van der Waals surface area (Å²) in [5, 5.41) is 2.96. The zero-order valence-electron chi connectivity index (χ0n) is 18.0. The van der Waals surface area contributed by atoms with Crippen molar-refractivity contribution in [2.24, 2.45) is 5.92 Å². The molecule has 1 fully saturated rings. The van der Waals surface area contributed by atoms with Gasteiger partial charge in [0.05, 0.1) is 13.5 Å². The van der Waals surface area contributed by atoms with Crippen molar-refractivity contribution in [3.63, 3.8) is 0 Å². The van der Waals surface area contributed by atoms with Crippen LogP contribution >= 0.6 is 0 Å². The molecule has 1 aliphatic heterocycles. The molecule has 1 heterocycles. The number of carbonyl (C=O) groups is 2. The summed E-state index contributed by atoms with van der Waals surface area (Å²) in [6.45, 7) is 6.71. The van der Waals surface area contributed by atoms with Crippen molar-refractivity contribution in [1.82, 2.24) is 10.2 Å². The number of nitrogens with zero attached hydrogens (tertiary/aromatic N) is 2. The largest absolute Gasteiger partial charge is 0.497 e. The molecule has 6 heteroatoms. The molecule has 0 bridgehead atoms. The van der Waals surface area contributed by atoms with E-state index in [-0.39, 0.29) is 24.2 Å². The lowest BCUT2D eigenvalue weighted by Gasteiger charge is -2.38. The summed E-state index contributed by atoms with van der Waals surface area (Å²) < 4.78 is 5.31. The molecule has 1 atom stereocenters. The smallest absolute Gasteiger partial charge is 0.245 e. The lowest BCUT2D eigenvalue weighted by molar-refractivity contribution is -0.137. The Kier molecular flexibility index (Phi) is 7.33. The van der Waals surface area contributed by atoms with E-state index in [1.54, 1.807) is 7.11 Å². The summed E-state index contributed by atoms with van der Waals surface area (Å²) in [7, 11) is 1.66. The van der Waals surface area contributed by atoms with Crippen molar-refractivity contribution in [3.05, 3.63) is 60.2 Å². The van der Waals surface area contributed by atoms with Crippen LogP contribution in [0.15, 0.2) is 54.6 Å². The van der Waals surface area contributed by atoms with E-state index in [0.29, 0.717) is 13.1 Å². The summed E-state index contributed by atoms with van der Waals surface area (Å²) in [6.07, 6.45) is 0.279. The molecule has 0 saturated carbocycles. The van der Waals surface area contributed by atoms with E-state index in [4.69, 9.17) is 4.74 Å². The standard InChI is InChI=1S/C24H31N3O3/c1-18(2)23(25-22(28)16-19-8-5-4-6-9-19)24(29)27-14-12-26(13-15-27)20-10-7-11-21(17-20)30-3/h4-11,17-18,23H,12-16H2,1-3H3,(H,25,28). The topological polar surface area (TPSA) is 61.9 Å². The van der Waals surface area contributed by atoms with Crippen molar-refractivity contribution in [3.8, 4) is 5.75 Å². The first-order valence-corrected chi connectivity index (χ1v) is 10.5. The first-order valence-electron chi connectivity index (χ1n) is 10.5. The quantitative estimate of drug-likeness (QED) is 0.764. The second-order valence-corrected chi connectivity index (χ2v) is 7.97. The van der Waals surface area contributed by atoms with Crippen molar-refractivity contribution in [2.75, 3.05) is 38.2 Å². The summed E-state index contributed by atoms with van der Waals surface area (Å²) in [4.78, 5) is 29.8. The van der Waals surface area contributed by atoms with E-state index in [0.717, 1.165) is 30.1 Å². The Hall–Kier alpha value is -3.02. The molecule has 2 aromatic carbocycles. The van der Waals surface area contributed by atoms with Gasteiger partial charge in [0.15, 0.2) is 0 Å². The van der Waals surface area contributed by atoms with E-state index in [9.17, 15) is 9.59 Å². The number of hydrogen-bond donors (Lipinski definition) is 1. The molecule has 2 aromatic rings. The number of methoxy groups -OCH3 is 1. The molecule has 1 saturated heterocycles. The number of nitrogens with one attached hydrogen (secondary N) is 1. The molecular formula is C24H31N3O3. The van der Waals surface area contributed by atoms with Gasteiger partial charge in [-0.2, -0.15) is 0 Å². The van der Waals surface area contributed by atoms with Crippen LogP contribution in [0.2, 0.25) is 0 Å². The Bertz CT molecular complexity index is 846. The van der Waals surface area contributed by atoms with Crippen molar-refractivity contribution in [2.45, 2.75) is 26.3 Å². The van der Waals surface area contributed by atoms with E-state index >= 15 is 0 Å². The van der Waals surface area contributed by atoms with Crippen molar-refractivity contribution >= 4 is 17.5 Å². The van der Waals surface area contributed by atoms with Crippen LogP contribution in [0, 0.1) is 5.92 Å². The number of anilines is 1. The van der Waals surface area contributed by atoms with Gasteiger partial charge in [0, 0.05) is 37.9 Å². The highest BCUT2D eigenvalue weighted by Gasteiger charge is 2.30. The Morgan fingerprint density at radius 2 is 1.70 bits per heavy atom. The van der Waals surface area contributed by atoms with Crippen LogP contribution in [0.3, 0.4) is 0 Å². The van der Waals surface area contributed by atoms with Gasteiger partial charge >= 0.3 is 0 Å². The van der Waals surface area contributed by atoms with E-state index in [1.807, 2.05) is 67.3 Å². The number of benzene rings is 2. The fourth-order valence-corrected chi connectivity index (χ4v) is 3.71. The van der Waals surface area contributed by atoms with Crippen LogP contribution in [0.25, 0.3) is 0 Å². The van der Waals surface area contributed by atoms with Crippen molar-refractivity contribution in [1.29, 1.82) is 0 Å². The van der Waals surface area contributed by atoms with Crippen LogP contribution in [-0.4, -0.2) is 56.0 Å². The fourth-order valence-electron chi connectivity index (χ4n) is 3.71. The lowest BCUT2D eigenvalue weighted by Crippen LogP contribution is -2.56. The number of hydrogen-bond acceptors (Lipinski definition) is 4. The molecule has 1 aliphatic rings. The van der Waals surface area contributed by atoms with Gasteiger partial charge in [0.25, 0.3) is 0 Å². The normalized spacial score (nSPS) is 15.1. The van der Waals surface area contributed by atoms with Gasteiger partial charge in [0.1, 0.15) is 11.8 Å². The third kappa shape index (κ3) is 5.53. The average Bonchev–Trinajstić information content (AvgIpc) is 2.77. The summed E-state index contributed by atoms with van der Waals surface area (Å²) >= 11 is 0. The Labute approximate surface area is 178 Å². The molecule has 0 aromatic heterocycles. The lowest BCUT2D eigenvalue weighted by atomic mass is 10.0. The molecule has 3 rings (SSSR count). The first kappa shape index (κ1) is 21.7. The minimum absolute atomic E-state index is 0.00305.